The van der Waals surface area contributed by atoms with Crippen molar-refractivity contribution in [1.29, 1.82) is 0 Å². The van der Waals surface area contributed by atoms with Crippen molar-refractivity contribution in [2.24, 2.45) is 0 Å². The monoisotopic (exact) mass is 315 g/mol. The van der Waals surface area contributed by atoms with E-state index in [-0.39, 0.29) is 0 Å². The number of hydrogen-bond donors (Lipinski definition) is 1. The second-order valence-corrected chi connectivity index (χ2v) is 5.02. The molecule has 1 aromatic carbocycles. The molecule has 0 saturated carbocycles. The zero-order valence-corrected chi connectivity index (χ0v) is 12.9. The lowest BCUT2D eigenvalue weighted by Crippen LogP contribution is -2.12. The molecule has 0 aliphatic carbocycles. The highest BCUT2D eigenvalue weighted by atomic mass is 79.9. The van der Waals surface area contributed by atoms with Gasteiger partial charge in [0.15, 0.2) is 0 Å². The van der Waals surface area contributed by atoms with Gasteiger partial charge in [-0.15, -0.1) is 0 Å². The van der Waals surface area contributed by atoms with E-state index in [0.717, 1.165) is 23.2 Å². The zero-order valence-electron chi connectivity index (χ0n) is 11.3. The van der Waals surface area contributed by atoms with Crippen LogP contribution in [0, 0.1) is 0 Å². The van der Waals surface area contributed by atoms with Gasteiger partial charge in [-0.1, -0.05) is 13.0 Å². The van der Waals surface area contributed by atoms with Crippen LogP contribution in [0.3, 0.4) is 0 Å². The van der Waals surface area contributed by atoms with Gasteiger partial charge in [-0.05, 0) is 54.0 Å². The molecule has 1 unspecified atom stereocenters. The minimum atomic E-state index is 0.336. The minimum absolute atomic E-state index is 0.336. The normalized spacial score (nSPS) is 12.4. The fourth-order valence-electron chi connectivity index (χ4n) is 1.53. The zero-order chi connectivity index (χ0) is 13.4. The molecule has 0 aliphatic heterocycles. The minimum Gasteiger partial charge on any atom is -0.490 e. The number of benzene rings is 1. The molecule has 1 N–H and O–H groups in total. The van der Waals surface area contributed by atoms with Crippen LogP contribution in [0.15, 0.2) is 22.7 Å². The molecule has 1 aromatic rings. The largest absolute Gasteiger partial charge is 0.490 e. The van der Waals surface area contributed by atoms with E-state index in [1.165, 1.54) is 5.56 Å². The van der Waals surface area contributed by atoms with Gasteiger partial charge < -0.3 is 14.8 Å². The molecule has 0 fully saturated rings. The van der Waals surface area contributed by atoms with Crippen LogP contribution in [0.2, 0.25) is 0 Å². The SMILES string of the molecule is CCCOCCOc1ccc(C(C)NC)cc1Br. The van der Waals surface area contributed by atoms with Gasteiger partial charge in [-0.3, -0.25) is 0 Å². The second-order valence-electron chi connectivity index (χ2n) is 4.16. The fourth-order valence-corrected chi connectivity index (χ4v) is 2.04. The van der Waals surface area contributed by atoms with E-state index in [4.69, 9.17) is 9.47 Å². The van der Waals surface area contributed by atoms with Crippen molar-refractivity contribution in [3.05, 3.63) is 28.2 Å². The lowest BCUT2D eigenvalue weighted by Gasteiger charge is -2.13. The average molecular weight is 316 g/mol. The van der Waals surface area contributed by atoms with Crippen LogP contribution in [0.4, 0.5) is 0 Å². The van der Waals surface area contributed by atoms with Crippen LogP contribution in [-0.4, -0.2) is 26.9 Å². The van der Waals surface area contributed by atoms with E-state index < -0.39 is 0 Å². The molecule has 0 aliphatic rings. The Bertz CT molecular complexity index is 358. The number of nitrogens with one attached hydrogen (secondary N) is 1. The summed E-state index contributed by atoms with van der Waals surface area (Å²) >= 11 is 3.53. The molecule has 1 rings (SSSR count). The molecule has 0 saturated heterocycles. The van der Waals surface area contributed by atoms with Gasteiger partial charge in [-0.2, -0.15) is 0 Å². The van der Waals surface area contributed by atoms with Crippen LogP contribution in [0.5, 0.6) is 5.75 Å². The van der Waals surface area contributed by atoms with Crippen LogP contribution in [0.1, 0.15) is 31.9 Å². The number of ether oxygens (including phenoxy) is 2. The highest BCUT2D eigenvalue weighted by Crippen LogP contribution is 2.28. The van der Waals surface area contributed by atoms with Crippen molar-refractivity contribution in [2.75, 3.05) is 26.9 Å². The third kappa shape index (κ3) is 4.96. The molecule has 3 nitrogen and oxygen atoms in total. The Balaban J connectivity index is 2.47. The van der Waals surface area contributed by atoms with E-state index in [2.05, 4.69) is 47.2 Å². The molecule has 4 heteroatoms. The number of hydrogen-bond acceptors (Lipinski definition) is 3. The first-order chi connectivity index (χ1) is 8.69. The van der Waals surface area contributed by atoms with Crippen molar-refractivity contribution in [3.8, 4) is 5.75 Å². The summed E-state index contributed by atoms with van der Waals surface area (Å²) in [6.45, 7) is 6.23. The van der Waals surface area contributed by atoms with E-state index in [9.17, 15) is 0 Å². The molecular weight excluding hydrogens is 294 g/mol. The van der Waals surface area contributed by atoms with Crippen molar-refractivity contribution in [1.82, 2.24) is 5.32 Å². The van der Waals surface area contributed by atoms with Gasteiger partial charge in [0.1, 0.15) is 12.4 Å². The van der Waals surface area contributed by atoms with Crippen molar-refractivity contribution in [3.63, 3.8) is 0 Å². The van der Waals surface area contributed by atoms with E-state index in [0.29, 0.717) is 19.3 Å². The smallest absolute Gasteiger partial charge is 0.133 e. The molecule has 0 amide bonds. The standard InChI is InChI=1S/C14H22BrNO2/c1-4-7-17-8-9-18-14-6-5-12(10-13(14)15)11(2)16-3/h5-6,10-11,16H,4,7-9H2,1-3H3. The van der Waals surface area contributed by atoms with E-state index >= 15 is 0 Å². The molecular formula is C14H22BrNO2. The van der Waals surface area contributed by atoms with Crippen LogP contribution in [-0.2, 0) is 4.74 Å². The highest BCUT2D eigenvalue weighted by molar-refractivity contribution is 9.10. The van der Waals surface area contributed by atoms with Crippen molar-refractivity contribution < 1.29 is 9.47 Å². The molecule has 0 heterocycles. The maximum absolute atomic E-state index is 5.66. The second kappa shape index (κ2) is 8.51. The van der Waals surface area contributed by atoms with E-state index in [1.54, 1.807) is 0 Å². The van der Waals surface area contributed by atoms with Crippen molar-refractivity contribution in [2.45, 2.75) is 26.3 Å². The number of rotatable bonds is 8. The van der Waals surface area contributed by atoms with E-state index in [1.807, 2.05) is 13.1 Å². The molecule has 102 valence electrons. The Hall–Kier alpha value is -0.580. The van der Waals surface area contributed by atoms with Crippen LogP contribution in [0.25, 0.3) is 0 Å². The van der Waals surface area contributed by atoms with Gasteiger partial charge >= 0.3 is 0 Å². The first-order valence-corrected chi connectivity index (χ1v) is 7.15. The lowest BCUT2D eigenvalue weighted by atomic mass is 10.1. The summed E-state index contributed by atoms with van der Waals surface area (Å²) in [6, 6.07) is 6.49. The summed E-state index contributed by atoms with van der Waals surface area (Å²) in [6.07, 6.45) is 1.04. The van der Waals surface area contributed by atoms with Crippen molar-refractivity contribution >= 4 is 15.9 Å². The summed E-state index contributed by atoms with van der Waals surface area (Å²) in [5, 5.41) is 3.21. The third-order valence-corrected chi connectivity index (χ3v) is 3.34. The maximum Gasteiger partial charge on any atom is 0.133 e. The topological polar surface area (TPSA) is 30.5 Å². The molecule has 0 bridgehead atoms. The van der Waals surface area contributed by atoms with Gasteiger partial charge in [0, 0.05) is 12.6 Å². The summed E-state index contributed by atoms with van der Waals surface area (Å²) in [5.41, 5.74) is 1.24. The first kappa shape index (κ1) is 15.5. The molecule has 0 aromatic heterocycles. The Kier molecular flexibility index (Phi) is 7.32. The highest BCUT2D eigenvalue weighted by Gasteiger charge is 2.06. The summed E-state index contributed by atoms with van der Waals surface area (Å²) < 4.78 is 12.0. The van der Waals surface area contributed by atoms with Gasteiger partial charge in [0.2, 0.25) is 0 Å². The van der Waals surface area contributed by atoms with Gasteiger partial charge in [0.05, 0.1) is 11.1 Å². The maximum atomic E-state index is 5.66. The summed E-state index contributed by atoms with van der Waals surface area (Å²) in [4.78, 5) is 0. The van der Waals surface area contributed by atoms with Gasteiger partial charge in [-0.25, -0.2) is 0 Å². The Morgan fingerprint density at radius 1 is 1.28 bits per heavy atom. The molecule has 0 spiro atoms. The predicted molar refractivity (Wildman–Crippen MR) is 78.2 cm³/mol. The Labute approximate surface area is 118 Å². The third-order valence-electron chi connectivity index (χ3n) is 2.72. The molecule has 1 atom stereocenters. The Morgan fingerprint density at radius 2 is 2.06 bits per heavy atom. The molecule has 18 heavy (non-hydrogen) atoms. The Morgan fingerprint density at radius 3 is 2.67 bits per heavy atom. The quantitative estimate of drug-likeness (QED) is 0.744. The van der Waals surface area contributed by atoms with Gasteiger partial charge in [0.25, 0.3) is 0 Å². The van der Waals surface area contributed by atoms with Crippen LogP contribution < -0.4 is 10.1 Å². The fraction of sp³-hybridized carbons (Fsp3) is 0.571. The lowest BCUT2D eigenvalue weighted by molar-refractivity contribution is 0.100. The number of halogens is 1. The molecule has 0 radical (unpaired) electrons. The predicted octanol–water partition coefficient (Wildman–Crippen LogP) is 3.53. The average Bonchev–Trinajstić information content (AvgIpc) is 2.39. The van der Waals surface area contributed by atoms with Crippen LogP contribution >= 0.6 is 15.9 Å². The summed E-state index contributed by atoms with van der Waals surface area (Å²) in [7, 11) is 1.95. The first-order valence-electron chi connectivity index (χ1n) is 6.36. The summed E-state index contributed by atoms with van der Waals surface area (Å²) in [5.74, 6) is 0.863.